The maximum absolute atomic E-state index is 11.7. The van der Waals surface area contributed by atoms with Crippen LogP contribution in [0.1, 0.15) is 34.1 Å². The first-order chi connectivity index (χ1) is 6.60. The van der Waals surface area contributed by atoms with Gasteiger partial charge in [-0.15, -0.1) is 0 Å². The lowest BCUT2D eigenvalue weighted by Crippen LogP contribution is -2.34. The first-order valence-corrected chi connectivity index (χ1v) is 6.86. The van der Waals surface area contributed by atoms with Gasteiger partial charge in [-0.3, -0.25) is 4.79 Å². The molecule has 0 aliphatic heterocycles. The second-order valence-electron chi connectivity index (χ2n) is 4.76. The fraction of sp³-hybridized carbons (Fsp3) is 0.900. The van der Waals surface area contributed by atoms with Crippen LogP contribution in [-0.2, 0) is 14.6 Å². The Morgan fingerprint density at radius 3 is 2.20 bits per heavy atom. The molecule has 0 saturated carbocycles. The molecule has 0 saturated heterocycles. The zero-order chi connectivity index (χ0) is 12.3. The zero-order valence-electron chi connectivity index (χ0n) is 9.78. The van der Waals surface area contributed by atoms with Crippen molar-refractivity contribution in [3.63, 3.8) is 0 Å². The van der Waals surface area contributed by atoms with E-state index >= 15 is 0 Å². The molecule has 4 nitrogen and oxygen atoms in total. The summed E-state index contributed by atoms with van der Waals surface area (Å²) in [6, 6.07) is 0. The van der Waals surface area contributed by atoms with Gasteiger partial charge in [-0.25, -0.2) is 8.42 Å². The van der Waals surface area contributed by atoms with Crippen LogP contribution >= 0.6 is 0 Å². The molecule has 0 amide bonds. The molecule has 0 aliphatic carbocycles. The van der Waals surface area contributed by atoms with Gasteiger partial charge >= 0.3 is 5.97 Å². The average Bonchev–Trinajstić information content (AvgIpc) is 2.00. The summed E-state index contributed by atoms with van der Waals surface area (Å²) in [6.07, 6.45) is 0.784. The van der Waals surface area contributed by atoms with Crippen LogP contribution in [0, 0.1) is 11.3 Å². The molecule has 0 aliphatic rings. The number of carboxylic acids is 1. The summed E-state index contributed by atoms with van der Waals surface area (Å²) in [7, 11) is -3.28. The number of aliphatic carboxylic acids is 1. The lowest BCUT2D eigenvalue weighted by Gasteiger charge is -2.20. The summed E-state index contributed by atoms with van der Waals surface area (Å²) in [5.74, 6) is -1.21. The van der Waals surface area contributed by atoms with Crippen LogP contribution in [0.3, 0.4) is 0 Å². The molecule has 0 bridgehead atoms. The maximum Gasteiger partial charge on any atom is 0.310 e. The number of carboxylic acid groups (broad SMARTS) is 1. The van der Waals surface area contributed by atoms with Crippen LogP contribution in [-0.4, -0.2) is 31.0 Å². The van der Waals surface area contributed by atoms with E-state index in [2.05, 4.69) is 0 Å². The Morgan fingerprint density at radius 2 is 1.87 bits per heavy atom. The molecule has 0 radical (unpaired) electrons. The summed E-state index contributed by atoms with van der Waals surface area (Å²) in [5, 5.41) is 8.83. The van der Waals surface area contributed by atoms with Gasteiger partial charge in [0.1, 0.15) is 0 Å². The third kappa shape index (κ3) is 5.16. The number of hydrogen-bond acceptors (Lipinski definition) is 3. The summed E-state index contributed by atoms with van der Waals surface area (Å²) in [5.41, 5.74) is -1.20. The van der Waals surface area contributed by atoms with E-state index in [9.17, 15) is 13.2 Å². The molecule has 0 spiro atoms. The average molecular weight is 236 g/mol. The van der Waals surface area contributed by atoms with E-state index in [4.69, 9.17) is 5.11 Å². The first-order valence-electron chi connectivity index (χ1n) is 5.04. The standard InChI is InChI=1S/C10H20O4S/c1-5-8(2)6-15(13,14)7-10(3,4)9(11)12/h8H,5-7H2,1-4H3,(H,11,12). The van der Waals surface area contributed by atoms with E-state index in [0.29, 0.717) is 0 Å². The predicted octanol–water partition coefficient (Wildman–Crippen LogP) is 1.56. The van der Waals surface area contributed by atoms with Crippen molar-refractivity contribution in [2.75, 3.05) is 11.5 Å². The minimum absolute atomic E-state index is 0.0697. The van der Waals surface area contributed by atoms with Gasteiger partial charge in [0.05, 0.1) is 16.9 Å². The van der Waals surface area contributed by atoms with Crippen molar-refractivity contribution in [2.45, 2.75) is 34.1 Å². The van der Waals surface area contributed by atoms with Gasteiger partial charge in [0, 0.05) is 0 Å². The SMILES string of the molecule is CCC(C)CS(=O)(=O)CC(C)(C)C(=O)O. The fourth-order valence-corrected chi connectivity index (χ4v) is 3.67. The molecule has 0 aromatic rings. The van der Waals surface area contributed by atoms with Crippen LogP contribution in [0.15, 0.2) is 0 Å². The van der Waals surface area contributed by atoms with Crippen LogP contribution in [0.2, 0.25) is 0 Å². The Kier molecular flexibility index (Phi) is 4.77. The molecular formula is C10H20O4S. The largest absolute Gasteiger partial charge is 0.481 e. The number of rotatable bonds is 6. The van der Waals surface area contributed by atoms with E-state index in [0.717, 1.165) is 6.42 Å². The van der Waals surface area contributed by atoms with Crippen molar-refractivity contribution in [3.8, 4) is 0 Å². The first kappa shape index (κ1) is 14.4. The number of hydrogen-bond donors (Lipinski definition) is 1. The topological polar surface area (TPSA) is 71.4 Å². The van der Waals surface area contributed by atoms with Crippen LogP contribution in [0.5, 0.6) is 0 Å². The van der Waals surface area contributed by atoms with Crippen molar-refractivity contribution < 1.29 is 18.3 Å². The predicted molar refractivity (Wildman–Crippen MR) is 59.5 cm³/mol. The van der Waals surface area contributed by atoms with Gasteiger partial charge in [-0.05, 0) is 19.8 Å². The monoisotopic (exact) mass is 236 g/mol. The second-order valence-corrected chi connectivity index (χ2v) is 6.87. The van der Waals surface area contributed by atoms with Gasteiger partial charge in [0.15, 0.2) is 9.84 Å². The molecule has 1 unspecified atom stereocenters. The molecule has 0 fully saturated rings. The highest BCUT2D eigenvalue weighted by atomic mass is 32.2. The van der Waals surface area contributed by atoms with E-state index in [1.165, 1.54) is 13.8 Å². The van der Waals surface area contributed by atoms with Crippen molar-refractivity contribution in [1.82, 2.24) is 0 Å². The van der Waals surface area contributed by atoms with Crippen molar-refractivity contribution in [2.24, 2.45) is 11.3 Å². The Morgan fingerprint density at radius 1 is 1.40 bits per heavy atom. The molecule has 90 valence electrons. The van der Waals surface area contributed by atoms with E-state index in [-0.39, 0.29) is 17.4 Å². The minimum Gasteiger partial charge on any atom is -0.481 e. The van der Waals surface area contributed by atoms with Gasteiger partial charge < -0.3 is 5.11 Å². The highest BCUT2D eigenvalue weighted by molar-refractivity contribution is 7.91. The minimum atomic E-state index is -3.28. The lowest BCUT2D eigenvalue weighted by molar-refractivity contribution is -0.145. The molecule has 1 atom stereocenters. The van der Waals surface area contributed by atoms with Crippen LogP contribution in [0.25, 0.3) is 0 Å². The highest BCUT2D eigenvalue weighted by Gasteiger charge is 2.33. The Bertz CT molecular complexity index is 316. The number of carbonyl (C=O) groups is 1. The zero-order valence-corrected chi connectivity index (χ0v) is 10.6. The Hall–Kier alpha value is -0.580. The van der Waals surface area contributed by atoms with Crippen LogP contribution < -0.4 is 0 Å². The van der Waals surface area contributed by atoms with Crippen molar-refractivity contribution in [3.05, 3.63) is 0 Å². The van der Waals surface area contributed by atoms with Crippen molar-refractivity contribution in [1.29, 1.82) is 0 Å². The molecule has 1 N–H and O–H groups in total. The Labute approximate surface area is 91.6 Å². The third-order valence-corrected chi connectivity index (χ3v) is 4.63. The molecule has 5 heteroatoms. The molecular weight excluding hydrogens is 216 g/mol. The molecule has 0 aromatic carbocycles. The van der Waals surface area contributed by atoms with Gasteiger partial charge in [-0.1, -0.05) is 20.3 Å². The van der Waals surface area contributed by atoms with Crippen molar-refractivity contribution >= 4 is 15.8 Å². The second kappa shape index (κ2) is 4.96. The molecule has 0 heterocycles. The van der Waals surface area contributed by atoms with Gasteiger partial charge in [-0.2, -0.15) is 0 Å². The molecule has 0 aromatic heterocycles. The number of sulfone groups is 1. The quantitative estimate of drug-likeness (QED) is 0.759. The maximum atomic E-state index is 11.7. The summed E-state index contributed by atoms with van der Waals surface area (Å²) in [4.78, 5) is 10.8. The highest BCUT2D eigenvalue weighted by Crippen LogP contribution is 2.20. The summed E-state index contributed by atoms with van der Waals surface area (Å²) < 4.78 is 23.3. The third-order valence-electron chi connectivity index (χ3n) is 2.40. The van der Waals surface area contributed by atoms with Gasteiger partial charge in [0.2, 0.25) is 0 Å². The smallest absolute Gasteiger partial charge is 0.310 e. The Balaban J connectivity index is 4.59. The van der Waals surface area contributed by atoms with Crippen LogP contribution in [0.4, 0.5) is 0 Å². The van der Waals surface area contributed by atoms with E-state index in [1.807, 2.05) is 13.8 Å². The van der Waals surface area contributed by atoms with E-state index in [1.54, 1.807) is 0 Å². The van der Waals surface area contributed by atoms with E-state index < -0.39 is 21.2 Å². The fourth-order valence-electron chi connectivity index (χ4n) is 1.22. The summed E-state index contributed by atoms with van der Waals surface area (Å²) >= 11 is 0. The molecule has 0 rings (SSSR count). The molecule has 15 heavy (non-hydrogen) atoms. The lowest BCUT2D eigenvalue weighted by atomic mass is 9.97. The normalized spacial score (nSPS) is 14.9. The summed E-state index contributed by atoms with van der Waals surface area (Å²) in [6.45, 7) is 6.64. The van der Waals surface area contributed by atoms with Gasteiger partial charge in [0.25, 0.3) is 0 Å².